The van der Waals surface area contributed by atoms with E-state index in [0.29, 0.717) is 19.8 Å². The maximum atomic E-state index is 11.4. The quantitative estimate of drug-likeness (QED) is 0.261. The van der Waals surface area contributed by atoms with Crippen LogP contribution in [0, 0.1) is 0 Å². The van der Waals surface area contributed by atoms with Crippen LogP contribution in [0.2, 0.25) is 0 Å². The molecule has 0 heterocycles. The van der Waals surface area contributed by atoms with E-state index in [1.54, 1.807) is 20.8 Å². The van der Waals surface area contributed by atoms with Crippen LogP contribution >= 0.6 is 30.1 Å². The third-order valence-electron chi connectivity index (χ3n) is 1.78. The number of carbonyl (C=O) groups is 3. The molecule has 6 nitrogen and oxygen atoms in total. The maximum absolute atomic E-state index is 11.4. The molecule has 10 heteroatoms. The van der Waals surface area contributed by atoms with Crippen molar-refractivity contribution < 1.29 is 28.6 Å². The van der Waals surface area contributed by atoms with Crippen molar-refractivity contribution in [2.75, 3.05) is 37.1 Å². The Hall–Kier alpha value is 0.0184. The Morgan fingerprint density at radius 1 is 0.682 bits per heavy atom. The molecule has 0 N–H and O–H groups in total. The van der Waals surface area contributed by atoms with Gasteiger partial charge in [-0.05, 0) is 0 Å². The molecule has 128 valence electrons. The van der Waals surface area contributed by atoms with Gasteiger partial charge in [0.25, 0.3) is 0 Å². The van der Waals surface area contributed by atoms with Gasteiger partial charge in [0.2, 0.25) is 0 Å². The second-order valence-electron chi connectivity index (χ2n) is 3.46. The molecule has 0 aromatic rings. The van der Waals surface area contributed by atoms with Gasteiger partial charge < -0.3 is 0 Å². The van der Waals surface area contributed by atoms with Gasteiger partial charge in [-0.25, -0.2) is 0 Å². The molecule has 0 aliphatic heterocycles. The van der Waals surface area contributed by atoms with Crippen molar-refractivity contribution in [1.29, 1.82) is 0 Å². The first-order valence-corrected chi connectivity index (χ1v) is 16.4. The standard InChI is InChI=1S/C12H21AsO6S3/c1-4-17-10(14)7-20-13(21-8-11(15)18-5-2)22-9-12(16)19-6-3/h4-9H2,1-3H3. The molecule has 0 radical (unpaired) electrons. The fourth-order valence-electron chi connectivity index (χ4n) is 1.04. The van der Waals surface area contributed by atoms with E-state index < -0.39 is 11.2 Å². The van der Waals surface area contributed by atoms with Crippen molar-refractivity contribution in [1.82, 2.24) is 0 Å². The molecule has 0 unspecified atom stereocenters. The second-order valence-corrected chi connectivity index (χ2v) is 20.2. The Balaban J connectivity index is 4.26. The van der Waals surface area contributed by atoms with Crippen LogP contribution in [0.25, 0.3) is 0 Å². The normalized spacial score (nSPS) is 10.4. The fourth-order valence-corrected chi connectivity index (χ4v) is 15.9. The van der Waals surface area contributed by atoms with Crippen LogP contribution in [0.5, 0.6) is 0 Å². The summed E-state index contributed by atoms with van der Waals surface area (Å²) in [6, 6.07) is 0. The topological polar surface area (TPSA) is 78.9 Å². The Kier molecular flexibility index (Phi) is 14.6. The summed E-state index contributed by atoms with van der Waals surface area (Å²) in [5.41, 5.74) is 0. The summed E-state index contributed by atoms with van der Waals surface area (Å²) < 4.78 is 14.6. The average Bonchev–Trinajstić information content (AvgIpc) is 2.47. The van der Waals surface area contributed by atoms with Crippen LogP contribution in [0.4, 0.5) is 0 Å². The van der Waals surface area contributed by atoms with Gasteiger partial charge in [0.1, 0.15) is 0 Å². The van der Waals surface area contributed by atoms with Crippen LogP contribution in [-0.2, 0) is 28.6 Å². The van der Waals surface area contributed by atoms with Gasteiger partial charge in [0, 0.05) is 0 Å². The third kappa shape index (κ3) is 12.6. The zero-order valence-electron chi connectivity index (χ0n) is 12.9. The zero-order chi connectivity index (χ0) is 16.8. The summed E-state index contributed by atoms with van der Waals surface area (Å²) in [7, 11) is 4.41. The third-order valence-corrected chi connectivity index (χ3v) is 19.8. The zero-order valence-corrected chi connectivity index (χ0v) is 17.2. The Morgan fingerprint density at radius 2 is 0.955 bits per heavy atom. The van der Waals surface area contributed by atoms with Gasteiger partial charge >= 0.3 is 146 Å². The van der Waals surface area contributed by atoms with E-state index in [9.17, 15) is 14.4 Å². The minimum absolute atomic E-state index is 0.236. The average molecular weight is 432 g/mol. The Morgan fingerprint density at radius 3 is 1.18 bits per heavy atom. The number of hydrogen-bond donors (Lipinski definition) is 0. The van der Waals surface area contributed by atoms with E-state index in [0.717, 1.165) is 0 Å². The van der Waals surface area contributed by atoms with Crippen LogP contribution in [0.3, 0.4) is 0 Å². The molecular formula is C12H21AsO6S3. The molecule has 0 aromatic heterocycles. The number of ether oxygens (including phenoxy) is 3. The minimum atomic E-state index is -1.70. The Bertz CT molecular complexity index is 303. The van der Waals surface area contributed by atoms with Gasteiger partial charge in [0.05, 0.1) is 0 Å². The number of esters is 3. The fraction of sp³-hybridized carbons (Fsp3) is 0.750. The SMILES string of the molecule is CCOC(=O)CS[As](SCC(=O)OCC)SCC(=O)OCC. The van der Waals surface area contributed by atoms with Crippen molar-refractivity contribution in [3.8, 4) is 0 Å². The van der Waals surface area contributed by atoms with E-state index in [1.165, 1.54) is 30.1 Å². The van der Waals surface area contributed by atoms with Crippen molar-refractivity contribution in [2.45, 2.75) is 20.8 Å². The van der Waals surface area contributed by atoms with Gasteiger partial charge in [-0.1, -0.05) is 0 Å². The van der Waals surface area contributed by atoms with Gasteiger partial charge in [-0.2, -0.15) is 0 Å². The summed E-state index contributed by atoms with van der Waals surface area (Å²) in [4.78, 5) is 34.2. The van der Waals surface area contributed by atoms with E-state index >= 15 is 0 Å². The summed E-state index contributed by atoms with van der Waals surface area (Å²) in [5, 5.41) is 0. The molecule has 0 aromatic carbocycles. The van der Waals surface area contributed by atoms with Crippen molar-refractivity contribution >= 4 is 59.2 Å². The molecule has 0 rings (SSSR count). The van der Waals surface area contributed by atoms with E-state index in [2.05, 4.69) is 0 Å². The van der Waals surface area contributed by atoms with Crippen LogP contribution in [-0.4, -0.2) is 66.2 Å². The Labute approximate surface area is 145 Å². The van der Waals surface area contributed by atoms with Gasteiger partial charge in [-0.3, -0.25) is 0 Å². The van der Waals surface area contributed by atoms with E-state index in [4.69, 9.17) is 14.2 Å². The first-order chi connectivity index (χ1) is 10.5. The summed E-state index contributed by atoms with van der Waals surface area (Å²) in [6.07, 6.45) is 0. The van der Waals surface area contributed by atoms with Gasteiger partial charge in [-0.15, -0.1) is 0 Å². The van der Waals surface area contributed by atoms with E-state index in [-0.39, 0.29) is 35.2 Å². The van der Waals surface area contributed by atoms with E-state index in [1.807, 2.05) is 0 Å². The van der Waals surface area contributed by atoms with Crippen LogP contribution < -0.4 is 0 Å². The molecule has 0 bridgehead atoms. The number of hydrogen-bond acceptors (Lipinski definition) is 9. The molecule has 0 spiro atoms. The van der Waals surface area contributed by atoms with Crippen molar-refractivity contribution in [3.63, 3.8) is 0 Å². The molecule has 0 saturated carbocycles. The predicted octanol–water partition coefficient (Wildman–Crippen LogP) is 1.86. The first kappa shape index (κ1) is 22.0. The number of carbonyl (C=O) groups excluding carboxylic acids is 3. The van der Waals surface area contributed by atoms with Gasteiger partial charge in [0.15, 0.2) is 0 Å². The molecular weight excluding hydrogens is 411 g/mol. The molecule has 0 atom stereocenters. The molecule has 0 fully saturated rings. The molecule has 22 heavy (non-hydrogen) atoms. The summed E-state index contributed by atoms with van der Waals surface area (Å²) >= 11 is -1.70. The predicted molar refractivity (Wildman–Crippen MR) is 93.0 cm³/mol. The summed E-state index contributed by atoms with van der Waals surface area (Å²) in [6.45, 7) is 6.30. The first-order valence-electron chi connectivity index (χ1n) is 6.69. The monoisotopic (exact) mass is 432 g/mol. The summed E-state index contributed by atoms with van der Waals surface area (Å²) in [5.74, 6) is -0.126. The molecule has 0 aliphatic carbocycles. The second kappa shape index (κ2) is 14.6. The molecule has 0 aliphatic rings. The van der Waals surface area contributed by atoms with Crippen molar-refractivity contribution in [2.24, 2.45) is 0 Å². The van der Waals surface area contributed by atoms with Crippen LogP contribution in [0.1, 0.15) is 20.8 Å². The van der Waals surface area contributed by atoms with Crippen LogP contribution in [0.15, 0.2) is 0 Å². The van der Waals surface area contributed by atoms with Crippen molar-refractivity contribution in [3.05, 3.63) is 0 Å². The number of rotatable bonds is 12. The molecule has 0 saturated heterocycles. The molecule has 0 amide bonds.